The molecule has 0 aliphatic rings. The number of carbonyl (C=O) groups is 2. The Balaban J connectivity index is 2.30. The summed E-state index contributed by atoms with van der Waals surface area (Å²) in [5.74, 6) is 5.28. The first kappa shape index (κ1) is 22.0. The van der Waals surface area contributed by atoms with E-state index in [1.165, 1.54) is 44.1 Å². The number of unbranched alkanes of at least 4 members (excludes halogenated alkanes) is 5. The zero-order valence-electron chi connectivity index (χ0n) is 16.1. The van der Waals surface area contributed by atoms with Crippen molar-refractivity contribution in [3.8, 4) is 0 Å². The van der Waals surface area contributed by atoms with Gasteiger partial charge in [-0.3, -0.25) is 9.80 Å². The molecule has 3 N–H and O–H groups in total. The summed E-state index contributed by atoms with van der Waals surface area (Å²) >= 11 is 0. The van der Waals surface area contributed by atoms with E-state index in [0.29, 0.717) is 0 Å². The molecule has 6 nitrogen and oxygen atoms in total. The van der Waals surface area contributed by atoms with Crippen LogP contribution in [0.2, 0.25) is 0 Å². The predicted molar refractivity (Wildman–Crippen MR) is 103 cm³/mol. The Labute approximate surface area is 157 Å². The first-order valence-corrected chi connectivity index (χ1v) is 9.60. The maximum absolute atomic E-state index is 11.9. The lowest BCUT2D eigenvalue weighted by Gasteiger charge is -2.17. The van der Waals surface area contributed by atoms with Crippen LogP contribution >= 0.6 is 0 Å². The van der Waals surface area contributed by atoms with Crippen molar-refractivity contribution in [1.82, 2.24) is 10.3 Å². The standard InChI is InChI=1S/C20H33N3O3/c1-3-5-6-7-8-9-10-17-11-13-18(14-12-17)16-23(21)20(25)22-15-19(24)26-4-2/h11-14H,3-10,15-16,21H2,1-2H3,(H,22,25). The molecule has 146 valence electrons. The lowest BCUT2D eigenvalue weighted by molar-refractivity contribution is -0.141. The zero-order chi connectivity index (χ0) is 19.2. The fourth-order valence-electron chi connectivity index (χ4n) is 2.65. The molecule has 0 radical (unpaired) electrons. The summed E-state index contributed by atoms with van der Waals surface area (Å²) < 4.78 is 4.75. The second-order valence-corrected chi connectivity index (χ2v) is 6.43. The smallest absolute Gasteiger partial charge is 0.332 e. The van der Waals surface area contributed by atoms with Crippen molar-refractivity contribution in [1.29, 1.82) is 0 Å². The fourth-order valence-corrected chi connectivity index (χ4v) is 2.65. The lowest BCUT2D eigenvalue weighted by atomic mass is 10.0. The Morgan fingerprint density at radius 1 is 1.00 bits per heavy atom. The molecule has 6 heteroatoms. The van der Waals surface area contributed by atoms with Gasteiger partial charge in [-0.15, -0.1) is 0 Å². The Morgan fingerprint density at radius 3 is 2.27 bits per heavy atom. The number of urea groups is 1. The van der Waals surface area contributed by atoms with Gasteiger partial charge in [-0.2, -0.15) is 0 Å². The number of nitrogens with two attached hydrogens (primary N) is 1. The van der Waals surface area contributed by atoms with Crippen molar-refractivity contribution in [3.05, 3.63) is 35.4 Å². The van der Waals surface area contributed by atoms with Gasteiger partial charge in [0, 0.05) is 0 Å². The summed E-state index contributed by atoms with van der Waals surface area (Å²) in [7, 11) is 0. The van der Waals surface area contributed by atoms with Gasteiger partial charge in [-0.25, -0.2) is 10.6 Å². The highest BCUT2D eigenvalue weighted by Gasteiger charge is 2.11. The van der Waals surface area contributed by atoms with Crippen LogP contribution in [0.3, 0.4) is 0 Å². The van der Waals surface area contributed by atoms with Crippen LogP contribution in [0.15, 0.2) is 24.3 Å². The summed E-state index contributed by atoms with van der Waals surface area (Å²) in [5.41, 5.74) is 2.25. The Kier molecular flexibility index (Phi) is 11.1. The van der Waals surface area contributed by atoms with E-state index >= 15 is 0 Å². The number of hydrogen-bond donors (Lipinski definition) is 2. The number of ether oxygens (including phenoxy) is 1. The van der Waals surface area contributed by atoms with E-state index in [2.05, 4.69) is 24.4 Å². The van der Waals surface area contributed by atoms with Crippen molar-refractivity contribution < 1.29 is 14.3 Å². The van der Waals surface area contributed by atoms with E-state index in [1.807, 2.05) is 12.1 Å². The minimum absolute atomic E-state index is 0.183. The molecule has 0 spiro atoms. The summed E-state index contributed by atoms with van der Waals surface area (Å²) in [4.78, 5) is 23.1. The van der Waals surface area contributed by atoms with Crippen molar-refractivity contribution in [2.24, 2.45) is 5.84 Å². The van der Waals surface area contributed by atoms with Gasteiger partial charge in [0.05, 0.1) is 13.2 Å². The third-order valence-electron chi connectivity index (χ3n) is 4.15. The van der Waals surface area contributed by atoms with Gasteiger partial charge in [0.25, 0.3) is 0 Å². The van der Waals surface area contributed by atoms with Gasteiger partial charge in [0.2, 0.25) is 0 Å². The summed E-state index contributed by atoms with van der Waals surface area (Å²) in [6.45, 7) is 4.33. The van der Waals surface area contributed by atoms with Crippen LogP contribution in [0.5, 0.6) is 0 Å². The van der Waals surface area contributed by atoms with Crippen LogP contribution in [0.4, 0.5) is 4.79 Å². The van der Waals surface area contributed by atoms with E-state index < -0.39 is 12.0 Å². The average molecular weight is 364 g/mol. The molecule has 0 fully saturated rings. The van der Waals surface area contributed by atoms with Crippen molar-refractivity contribution in [2.75, 3.05) is 13.2 Å². The molecule has 26 heavy (non-hydrogen) atoms. The second kappa shape index (κ2) is 13.2. The maximum atomic E-state index is 11.9. The highest BCUT2D eigenvalue weighted by Crippen LogP contribution is 2.12. The molecule has 0 saturated heterocycles. The number of hydrogen-bond acceptors (Lipinski definition) is 4. The molecule has 2 amide bonds. The third-order valence-corrected chi connectivity index (χ3v) is 4.15. The van der Waals surface area contributed by atoms with E-state index in [4.69, 9.17) is 10.6 Å². The van der Waals surface area contributed by atoms with E-state index in [0.717, 1.165) is 17.0 Å². The molecule has 0 atom stereocenters. The Morgan fingerprint density at radius 2 is 1.62 bits per heavy atom. The van der Waals surface area contributed by atoms with Gasteiger partial charge >= 0.3 is 12.0 Å². The zero-order valence-corrected chi connectivity index (χ0v) is 16.1. The molecule has 0 saturated carbocycles. The molecule has 1 aromatic carbocycles. The summed E-state index contributed by atoms with van der Waals surface area (Å²) in [5, 5.41) is 3.49. The molecular formula is C20H33N3O3. The minimum Gasteiger partial charge on any atom is -0.465 e. The minimum atomic E-state index is -0.505. The van der Waals surface area contributed by atoms with E-state index in [9.17, 15) is 9.59 Å². The molecule has 0 heterocycles. The SMILES string of the molecule is CCCCCCCCc1ccc(CN(N)C(=O)NCC(=O)OCC)cc1. The van der Waals surface area contributed by atoms with Crippen LogP contribution in [0.1, 0.15) is 63.5 Å². The lowest BCUT2D eigenvalue weighted by Crippen LogP contribution is -2.45. The van der Waals surface area contributed by atoms with Crippen molar-refractivity contribution >= 4 is 12.0 Å². The topological polar surface area (TPSA) is 84.7 Å². The third kappa shape index (κ3) is 9.42. The fraction of sp³-hybridized carbons (Fsp3) is 0.600. The number of aryl methyl sites for hydroxylation is 1. The largest absolute Gasteiger partial charge is 0.465 e. The first-order chi connectivity index (χ1) is 12.6. The number of esters is 1. The number of amides is 2. The monoisotopic (exact) mass is 363 g/mol. The molecule has 0 aliphatic carbocycles. The van der Waals surface area contributed by atoms with E-state index in [1.54, 1.807) is 6.92 Å². The van der Waals surface area contributed by atoms with Crippen molar-refractivity contribution in [3.63, 3.8) is 0 Å². The highest BCUT2D eigenvalue weighted by molar-refractivity contribution is 5.80. The molecule has 0 bridgehead atoms. The number of nitrogens with one attached hydrogen (secondary N) is 1. The molecule has 0 aromatic heterocycles. The quantitative estimate of drug-likeness (QED) is 0.196. The normalized spacial score (nSPS) is 10.4. The molecule has 0 unspecified atom stereocenters. The van der Waals surface area contributed by atoms with Gasteiger partial charge in [-0.1, -0.05) is 63.3 Å². The molecule has 1 aromatic rings. The highest BCUT2D eigenvalue weighted by atomic mass is 16.5. The van der Waals surface area contributed by atoms with Gasteiger partial charge in [0.1, 0.15) is 6.54 Å². The number of carbonyl (C=O) groups excluding carboxylic acids is 2. The van der Waals surface area contributed by atoms with Crippen molar-refractivity contribution in [2.45, 2.75) is 65.3 Å². The number of benzene rings is 1. The van der Waals surface area contributed by atoms with Gasteiger partial charge in [-0.05, 0) is 30.9 Å². The Hall–Kier alpha value is -2.08. The molecule has 0 aliphatic heterocycles. The first-order valence-electron chi connectivity index (χ1n) is 9.60. The molecular weight excluding hydrogens is 330 g/mol. The second-order valence-electron chi connectivity index (χ2n) is 6.43. The predicted octanol–water partition coefficient (Wildman–Crippen LogP) is 3.54. The van der Waals surface area contributed by atoms with E-state index in [-0.39, 0.29) is 19.7 Å². The Bertz CT molecular complexity index is 532. The number of hydrazine groups is 1. The van der Waals surface area contributed by atoms with Crippen LogP contribution in [0.25, 0.3) is 0 Å². The maximum Gasteiger partial charge on any atom is 0.332 e. The van der Waals surface area contributed by atoms with Crippen LogP contribution in [-0.4, -0.2) is 30.2 Å². The molecule has 1 rings (SSSR count). The van der Waals surface area contributed by atoms with Crippen LogP contribution in [0, 0.1) is 0 Å². The number of rotatable bonds is 12. The summed E-state index contributed by atoms with van der Waals surface area (Å²) in [6, 6.07) is 7.65. The van der Waals surface area contributed by atoms with Gasteiger partial charge < -0.3 is 10.1 Å². The van der Waals surface area contributed by atoms with Crippen LogP contribution in [-0.2, 0) is 22.5 Å². The average Bonchev–Trinajstić information content (AvgIpc) is 2.64. The van der Waals surface area contributed by atoms with Crippen LogP contribution < -0.4 is 11.2 Å². The summed E-state index contributed by atoms with van der Waals surface area (Å²) in [6.07, 6.45) is 8.83. The van der Waals surface area contributed by atoms with Gasteiger partial charge in [0.15, 0.2) is 0 Å². The number of nitrogens with zero attached hydrogens (tertiary/aromatic N) is 1.